The van der Waals surface area contributed by atoms with Gasteiger partial charge in [-0.25, -0.2) is 4.79 Å². The minimum Gasteiger partial charge on any atom is -0.449 e. The summed E-state index contributed by atoms with van der Waals surface area (Å²) in [6.45, 7) is 1.66. The molecule has 5 heteroatoms. The predicted octanol–water partition coefficient (Wildman–Crippen LogP) is 3.78. The number of amides is 1. The number of rotatable bonds is 5. The average Bonchev–Trinajstić information content (AvgIpc) is 3.04. The molecule has 1 N–H and O–H groups in total. The lowest BCUT2D eigenvalue weighted by Crippen LogP contribution is -2.61. The van der Waals surface area contributed by atoms with Crippen LogP contribution in [0.3, 0.4) is 0 Å². The minimum atomic E-state index is -0.757. The zero-order valence-corrected chi connectivity index (χ0v) is 15.4. The van der Waals surface area contributed by atoms with E-state index in [1.807, 2.05) is 16.8 Å². The summed E-state index contributed by atoms with van der Waals surface area (Å²) >= 11 is 1.57. The summed E-state index contributed by atoms with van der Waals surface area (Å²) in [5, 5.41) is 7.16. The van der Waals surface area contributed by atoms with Gasteiger partial charge in [0.2, 0.25) is 0 Å². The van der Waals surface area contributed by atoms with E-state index in [1.54, 1.807) is 24.3 Å². The molecule has 0 spiro atoms. The number of esters is 1. The van der Waals surface area contributed by atoms with Crippen LogP contribution in [0.4, 0.5) is 0 Å². The molecule has 4 bridgehead atoms. The Labute approximate surface area is 152 Å². The Morgan fingerprint density at radius 2 is 1.88 bits per heavy atom. The van der Waals surface area contributed by atoms with Crippen LogP contribution in [0, 0.1) is 17.8 Å². The second-order valence-electron chi connectivity index (χ2n) is 8.16. The Morgan fingerprint density at radius 1 is 1.24 bits per heavy atom. The molecule has 4 aliphatic rings. The zero-order chi connectivity index (χ0) is 17.4. The maximum atomic E-state index is 12.6. The molecule has 0 saturated heterocycles. The summed E-state index contributed by atoms with van der Waals surface area (Å²) in [7, 11) is 0. The molecule has 0 aliphatic heterocycles. The number of thiophene rings is 1. The Balaban J connectivity index is 1.32. The number of ether oxygens (including phenoxy) is 1. The molecule has 5 rings (SSSR count). The molecular formula is C20H25NO3S. The molecule has 4 aliphatic carbocycles. The second kappa shape index (κ2) is 6.60. The molecular weight excluding hydrogens is 334 g/mol. The van der Waals surface area contributed by atoms with Gasteiger partial charge in [-0.05, 0) is 91.7 Å². The fourth-order valence-corrected chi connectivity index (χ4v) is 6.06. The van der Waals surface area contributed by atoms with Crippen molar-refractivity contribution in [1.82, 2.24) is 5.32 Å². The van der Waals surface area contributed by atoms with Crippen molar-refractivity contribution in [2.75, 3.05) is 0 Å². The number of nitrogens with one attached hydrogen (secondary N) is 1. The molecule has 25 heavy (non-hydrogen) atoms. The average molecular weight is 359 g/mol. The van der Waals surface area contributed by atoms with Crippen molar-refractivity contribution in [2.24, 2.45) is 17.8 Å². The lowest BCUT2D eigenvalue weighted by Gasteiger charge is -2.57. The normalized spacial score (nSPS) is 34.2. The van der Waals surface area contributed by atoms with Gasteiger partial charge >= 0.3 is 5.97 Å². The van der Waals surface area contributed by atoms with Gasteiger partial charge in [0, 0.05) is 11.6 Å². The third-order valence-corrected chi connectivity index (χ3v) is 6.75. The van der Waals surface area contributed by atoms with Crippen LogP contribution in [0.1, 0.15) is 51.0 Å². The molecule has 1 atom stereocenters. The summed E-state index contributed by atoms with van der Waals surface area (Å²) in [6.07, 6.45) is 9.66. The van der Waals surface area contributed by atoms with Crippen LogP contribution in [0.25, 0.3) is 6.08 Å². The highest BCUT2D eigenvalue weighted by Crippen LogP contribution is 2.55. The smallest absolute Gasteiger partial charge is 0.331 e. The zero-order valence-electron chi connectivity index (χ0n) is 14.6. The van der Waals surface area contributed by atoms with Gasteiger partial charge < -0.3 is 10.1 Å². The van der Waals surface area contributed by atoms with Crippen LogP contribution in [0.5, 0.6) is 0 Å². The first-order chi connectivity index (χ1) is 12.0. The Morgan fingerprint density at radius 3 is 2.44 bits per heavy atom. The highest BCUT2D eigenvalue weighted by Gasteiger charge is 2.51. The maximum Gasteiger partial charge on any atom is 0.331 e. The van der Waals surface area contributed by atoms with Crippen LogP contribution in [0.2, 0.25) is 0 Å². The van der Waals surface area contributed by atoms with Gasteiger partial charge in [0.25, 0.3) is 5.91 Å². The molecule has 1 heterocycles. The molecule has 1 amide bonds. The summed E-state index contributed by atoms with van der Waals surface area (Å²) in [4.78, 5) is 24.5. The van der Waals surface area contributed by atoms with E-state index < -0.39 is 12.1 Å². The topological polar surface area (TPSA) is 55.4 Å². The first-order valence-corrected chi connectivity index (χ1v) is 10.2. The quantitative estimate of drug-likeness (QED) is 0.643. The summed E-state index contributed by atoms with van der Waals surface area (Å²) in [5.41, 5.74) is 0.923. The molecule has 4 saturated carbocycles. The predicted molar refractivity (Wildman–Crippen MR) is 98.0 cm³/mol. The van der Waals surface area contributed by atoms with E-state index in [0.29, 0.717) is 0 Å². The molecule has 134 valence electrons. The molecule has 4 fully saturated rings. The highest BCUT2D eigenvalue weighted by molar-refractivity contribution is 7.08. The fraction of sp³-hybridized carbons (Fsp3) is 0.600. The number of carbonyl (C=O) groups is 2. The van der Waals surface area contributed by atoms with Gasteiger partial charge in [-0.3, -0.25) is 4.79 Å². The van der Waals surface area contributed by atoms with Gasteiger partial charge in [-0.1, -0.05) is 0 Å². The summed E-state index contributed by atoms with van der Waals surface area (Å²) in [5.74, 6) is 1.70. The van der Waals surface area contributed by atoms with E-state index in [2.05, 4.69) is 5.32 Å². The van der Waals surface area contributed by atoms with E-state index in [9.17, 15) is 9.59 Å². The first-order valence-electron chi connectivity index (χ1n) is 9.24. The van der Waals surface area contributed by atoms with Gasteiger partial charge in [0.05, 0.1) is 0 Å². The largest absolute Gasteiger partial charge is 0.449 e. The monoisotopic (exact) mass is 359 g/mol. The maximum absolute atomic E-state index is 12.6. The van der Waals surface area contributed by atoms with Crippen molar-refractivity contribution in [3.63, 3.8) is 0 Å². The van der Waals surface area contributed by atoms with Crippen LogP contribution >= 0.6 is 11.3 Å². The van der Waals surface area contributed by atoms with Crippen molar-refractivity contribution >= 4 is 29.3 Å². The van der Waals surface area contributed by atoms with Gasteiger partial charge in [-0.2, -0.15) is 11.3 Å². The van der Waals surface area contributed by atoms with E-state index >= 15 is 0 Å². The number of carbonyl (C=O) groups excluding carboxylic acids is 2. The lowest BCUT2D eigenvalue weighted by atomic mass is 9.53. The van der Waals surface area contributed by atoms with E-state index in [4.69, 9.17) is 4.74 Å². The van der Waals surface area contributed by atoms with E-state index in [0.717, 1.165) is 42.6 Å². The number of hydrogen-bond acceptors (Lipinski definition) is 4. The van der Waals surface area contributed by atoms with E-state index in [1.165, 1.54) is 25.3 Å². The molecule has 4 nitrogen and oxygen atoms in total. The molecule has 0 aromatic carbocycles. The molecule has 0 unspecified atom stereocenters. The van der Waals surface area contributed by atoms with Crippen molar-refractivity contribution < 1.29 is 14.3 Å². The van der Waals surface area contributed by atoms with Crippen LogP contribution in [-0.2, 0) is 14.3 Å². The van der Waals surface area contributed by atoms with Crippen molar-refractivity contribution in [3.8, 4) is 0 Å². The lowest BCUT2D eigenvalue weighted by molar-refractivity contribution is -0.152. The third-order valence-electron chi connectivity index (χ3n) is 6.04. The van der Waals surface area contributed by atoms with Crippen molar-refractivity contribution in [2.45, 2.75) is 57.1 Å². The van der Waals surface area contributed by atoms with Crippen LogP contribution < -0.4 is 5.32 Å². The Bertz CT molecular complexity index is 644. The van der Waals surface area contributed by atoms with Crippen LogP contribution in [0.15, 0.2) is 22.9 Å². The number of hydrogen-bond donors (Lipinski definition) is 1. The Hall–Kier alpha value is -1.62. The standard InChI is InChI=1S/C20H25NO3S/c1-13(24-18(22)3-2-14-4-5-25-12-14)19(23)21-20-9-15-6-16(10-20)8-17(7-15)11-20/h2-5,12-13,15-17H,6-11H2,1H3,(H,21,23)/b3-2+/t13-,15?,16?,17?,20?/m0/s1. The second-order valence-corrected chi connectivity index (χ2v) is 8.94. The fourth-order valence-electron chi connectivity index (χ4n) is 5.43. The SMILES string of the molecule is C[C@H](OC(=O)/C=C/c1ccsc1)C(=O)NC12CC3CC(CC(C3)C1)C2. The first kappa shape index (κ1) is 16.8. The van der Waals surface area contributed by atoms with E-state index in [-0.39, 0.29) is 11.4 Å². The summed E-state index contributed by atoms with van der Waals surface area (Å²) < 4.78 is 5.29. The van der Waals surface area contributed by atoms with Gasteiger partial charge in [0.15, 0.2) is 6.10 Å². The van der Waals surface area contributed by atoms with Gasteiger partial charge in [0.1, 0.15) is 0 Å². The third kappa shape index (κ3) is 3.66. The summed E-state index contributed by atoms with van der Waals surface area (Å²) in [6, 6.07) is 1.93. The minimum absolute atomic E-state index is 0.0426. The van der Waals surface area contributed by atoms with Crippen molar-refractivity contribution in [3.05, 3.63) is 28.5 Å². The highest BCUT2D eigenvalue weighted by atomic mass is 32.1. The van der Waals surface area contributed by atoms with Crippen molar-refractivity contribution in [1.29, 1.82) is 0 Å². The molecule has 1 aromatic rings. The van der Waals surface area contributed by atoms with Gasteiger partial charge in [-0.15, -0.1) is 0 Å². The molecule has 0 radical (unpaired) electrons. The molecule has 1 aromatic heterocycles. The van der Waals surface area contributed by atoms with Crippen LogP contribution in [-0.4, -0.2) is 23.5 Å². The Kier molecular flexibility index (Phi) is 4.44.